The molecular weight excluding hydrogens is 547 g/mol. The number of ether oxygens (including phenoxy) is 2. The third kappa shape index (κ3) is 5.76. The number of fused-ring (bicyclic) bond motifs is 2. The van der Waals surface area contributed by atoms with E-state index in [4.69, 9.17) is 9.47 Å². The van der Waals surface area contributed by atoms with Gasteiger partial charge in [-0.3, -0.25) is 0 Å². The van der Waals surface area contributed by atoms with Crippen molar-refractivity contribution in [1.82, 2.24) is 0 Å². The van der Waals surface area contributed by atoms with Crippen molar-refractivity contribution in [1.29, 1.82) is 0 Å². The summed E-state index contributed by atoms with van der Waals surface area (Å²) in [5.74, 6) is 3.92. The van der Waals surface area contributed by atoms with E-state index in [-0.39, 0.29) is 31.8 Å². The molecule has 5 rings (SSSR count). The maximum absolute atomic E-state index is 11.7. The third-order valence-electron chi connectivity index (χ3n) is 7.79. The molecule has 0 heterocycles. The fourth-order valence-electron chi connectivity index (χ4n) is 5.40. The Morgan fingerprint density at radius 2 is 1.62 bits per heavy atom. The van der Waals surface area contributed by atoms with Crippen molar-refractivity contribution in [3.05, 3.63) is 107 Å². The van der Waals surface area contributed by atoms with E-state index in [0.29, 0.717) is 12.2 Å². The van der Waals surface area contributed by atoms with Gasteiger partial charge in [-0.05, 0) is 0 Å². The molecule has 4 heteroatoms. The second-order valence-electron chi connectivity index (χ2n) is 11.4. The Hall–Kier alpha value is -3.51. The Morgan fingerprint density at radius 3 is 2.38 bits per heavy atom. The van der Waals surface area contributed by atoms with Crippen LogP contribution in [-0.2, 0) is 22.2 Å². The molecule has 0 radical (unpaired) electrons. The fourth-order valence-corrected chi connectivity index (χ4v) is 6.72. The summed E-state index contributed by atoms with van der Waals surface area (Å²) in [6, 6.07) is 26.7. The zero-order valence-electron chi connectivity index (χ0n) is 23.3. The van der Waals surface area contributed by atoms with Gasteiger partial charge in [-0.1, -0.05) is 0 Å². The van der Waals surface area contributed by atoms with Gasteiger partial charge in [-0.25, -0.2) is 0 Å². The van der Waals surface area contributed by atoms with Crippen LogP contribution in [0.2, 0.25) is 0 Å². The molecule has 0 saturated heterocycles. The molecule has 0 saturated carbocycles. The van der Waals surface area contributed by atoms with Crippen LogP contribution < -0.4 is 9.20 Å². The quantitative estimate of drug-likeness (QED) is 0.146. The van der Waals surface area contributed by atoms with Gasteiger partial charge in [0.05, 0.1) is 0 Å². The van der Waals surface area contributed by atoms with Crippen LogP contribution in [0.1, 0.15) is 73.1 Å². The van der Waals surface area contributed by atoms with Crippen molar-refractivity contribution < 1.29 is 14.3 Å². The molecule has 0 fully saturated rings. The van der Waals surface area contributed by atoms with Crippen molar-refractivity contribution >= 4 is 36.2 Å². The van der Waals surface area contributed by atoms with Crippen molar-refractivity contribution in [3.8, 4) is 16.5 Å². The summed E-state index contributed by atoms with van der Waals surface area (Å²) < 4.78 is 12.7. The summed E-state index contributed by atoms with van der Waals surface area (Å²) in [5.41, 5.74) is 5.45. The van der Waals surface area contributed by atoms with Gasteiger partial charge in [-0.2, -0.15) is 0 Å². The number of methoxy groups -OCH3 is 1. The fraction of sp³-hybridized carbons (Fsp3) is 0.286. The maximum atomic E-state index is 11.7. The molecule has 0 N–H and O–H groups in total. The number of rotatable bonds is 5. The van der Waals surface area contributed by atoms with Gasteiger partial charge < -0.3 is 0 Å². The van der Waals surface area contributed by atoms with Crippen LogP contribution in [-0.4, -0.2) is 28.0 Å². The van der Waals surface area contributed by atoms with Crippen LogP contribution in [0.5, 0.6) is 5.75 Å². The Balaban J connectivity index is 1.47. The van der Waals surface area contributed by atoms with E-state index in [2.05, 4.69) is 93.0 Å². The molecule has 198 valence electrons. The zero-order valence-corrected chi connectivity index (χ0v) is 25.0. The average Bonchev–Trinajstić information content (AvgIpc) is 2.94. The van der Waals surface area contributed by atoms with Crippen LogP contribution in [0.4, 0.5) is 0 Å². The standard InChI is InChI=1S/C35H34O3Se/c1-34(2)18-19-35(3,4)32-30(34)21-28(39-20-17-24-13-15-26(16-14-24)33(36)37-5)22-31(32)38-23-27-11-8-10-25-9-6-7-12-29(25)27/h6-16,21-22H,18-19,23H2,1-5H3. The van der Waals surface area contributed by atoms with E-state index in [9.17, 15) is 4.79 Å². The first-order valence-corrected chi connectivity index (χ1v) is 15.0. The predicted octanol–water partition coefficient (Wildman–Crippen LogP) is 6.89. The van der Waals surface area contributed by atoms with E-state index in [0.717, 1.165) is 24.2 Å². The molecular formula is C35H34O3Se. The van der Waals surface area contributed by atoms with E-state index in [1.165, 1.54) is 39.0 Å². The molecule has 0 amide bonds. The second kappa shape index (κ2) is 10.9. The molecule has 4 aromatic rings. The molecule has 0 aliphatic heterocycles. The van der Waals surface area contributed by atoms with Crippen molar-refractivity contribution in [2.75, 3.05) is 7.11 Å². The minimum absolute atomic E-state index is 0.0392. The SMILES string of the molecule is COC(=O)c1ccc(C#C[Se]c2cc(OCc3cccc4ccccc34)c3c(c2)C(C)(C)CCC3(C)C)cc1. The third-order valence-corrected chi connectivity index (χ3v) is 9.21. The van der Waals surface area contributed by atoms with E-state index < -0.39 is 0 Å². The van der Waals surface area contributed by atoms with Gasteiger partial charge in [0.25, 0.3) is 0 Å². The molecule has 0 aromatic heterocycles. The van der Waals surface area contributed by atoms with Gasteiger partial charge in [0.2, 0.25) is 0 Å². The van der Waals surface area contributed by atoms with Crippen LogP contribution >= 0.6 is 0 Å². The van der Waals surface area contributed by atoms with Gasteiger partial charge >= 0.3 is 239 Å². The van der Waals surface area contributed by atoms with Gasteiger partial charge in [0.1, 0.15) is 0 Å². The molecule has 3 nitrogen and oxygen atoms in total. The Bertz CT molecular complexity index is 1580. The first-order chi connectivity index (χ1) is 18.7. The van der Waals surface area contributed by atoms with E-state index >= 15 is 0 Å². The van der Waals surface area contributed by atoms with Crippen LogP contribution in [0, 0.1) is 10.7 Å². The number of carbonyl (C=O) groups is 1. The number of hydrogen-bond acceptors (Lipinski definition) is 3. The number of hydrogen-bond donors (Lipinski definition) is 0. The Morgan fingerprint density at radius 1 is 0.897 bits per heavy atom. The molecule has 0 spiro atoms. The summed E-state index contributed by atoms with van der Waals surface area (Å²) in [6.07, 6.45) is 2.27. The normalized spacial score (nSPS) is 15.1. The van der Waals surface area contributed by atoms with E-state index in [1.54, 1.807) is 12.1 Å². The number of benzene rings is 4. The van der Waals surface area contributed by atoms with Gasteiger partial charge in [0.15, 0.2) is 0 Å². The average molecular weight is 582 g/mol. The summed E-state index contributed by atoms with van der Waals surface area (Å²) in [6.45, 7) is 9.91. The number of carbonyl (C=O) groups excluding carboxylic acids is 1. The monoisotopic (exact) mass is 582 g/mol. The predicted molar refractivity (Wildman–Crippen MR) is 160 cm³/mol. The Labute approximate surface area is 238 Å². The first-order valence-electron chi connectivity index (χ1n) is 13.3. The molecule has 4 aromatic carbocycles. The summed E-state index contributed by atoms with van der Waals surface area (Å²) in [5, 5.41) is 2.46. The van der Waals surface area contributed by atoms with Crippen LogP contribution in [0.3, 0.4) is 0 Å². The van der Waals surface area contributed by atoms with Gasteiger partial charge in [-0.15, -0.1) is 0 Å². The summed E-state index contributed by atoms with van der Waals surface area (Å²) in [4.78, 5) is 15.1. The molecule has 0 atom stereocenters. The molecule has 1 aliphatic rings. The van der Waals surface area contributed by atoms with Gasteiger partial charge in [0, 0.05) is 0 Å². The topological polar surface area (TPSA) is 35.5 Å². The van der Waals surface area contributed by atoms with E-state index in [1.807, 2.05) is 12.1 Å². The van der Waals surface area contributed by atoms with Crippen molar-refractivity contribution in [2.45, 2.75) is 58.0 Å². The number of esters is 1. The zero-order chi connectivity index (χ0) is 27.6. The summed E-state index contributed by atoms with van der Waals surface area (Å²) >= 11 is -0.0503. The van der Waals surface area contributed by atoms with Crippen LogP contribution in [0.15, 0.2) is 78.9 Å². The Kier molecular flexibility index (Phi) is 7.59. The molecule has 39 heavy (non-hydrogen) atoms. The minimum atomic E-state index is -0.339. The van der Waals surface area contributed by atoms with Crippen molar-refractivity contribution in [2.24, 2.45) is 0 Å². The molecule has 0 bridgehead atoms. The molecule has 0 unspecified atom stereocenters. The van der Waals surface area contributed by atoms with Crippen molar-refractivity contribution in [3.63, 3.8) is 0 Å². The first kappa shape index (κ1) is 27.1. The molecule has 1 aliphatic carbocycles. The second-order valence-corrected chi connectivity index (χ2v) is 13.3. The summed E-state index contributed by atoms with van der Waals surface area (Å²) in [7, 11) is 1.39. The van der Waals surface area contributed by atoms with Crippen LogP contribution in [0.25, 0.3) is 10.8 Å².